The van der Waals surface area contributed by atoms with E-state index in [-0.39, 0.29) is 0 Å². The summed E-state index contributed by atoms with van der Waals surface area (Å²) in [4.78, 5) is 14.7. The normalized spacial score (nSPS) is 11.0. The fraction of sp³-hybridized carbons (Fsp3) is 0.286. The number of fused-ring (bicyclic) bond motifs is 1. The molecule has 0 saturated heterocycles. The topological polar surface area (TPSA) is 59.2 Å². The third kappa shape index (κ3) is 2.67. The van der Waals surface area contributed by atoms with Crippen molar-refractivity contribution in [3.63, 3.8) is 0 Å². The first-order valence-corrected chi connectivity index (χ1v) is 7.01. The van der Waals surface area contributed by atoms with Crippen molar-refractivity contribution in [3.05, 3.63) is 47.1 Å². The van der Waals surface area contributed by atoms with Gasteiger partial charge in [0.15, 0.2) is 0 Å². The summed E-state index contributed by atoms with van der Waals surface area (Å²) in [5, 5.41) is 4.68. The monoisotopic (exact) mass is 302 g/mol. The average molecular weight is 303 g/mol. The summed E-state index contributed by atoms with van der Waals surface area (Å²) in [7, 11) is 2.00. The van der Waals surface area contributed by atoms with E-state index in [4.69, 9.17) is 11.6 Å². The molecule has 7 heteroatoms. The van der Waals surface area contributed by atoms with Gasteiger partial charge >= 0.3 is 0 Å². The van der Waals surface area contributed by atoms with E-state index in [1.807, 2.05) is 32.2 Å². The van der Waals surface area contributed by atoms with Crippen LogP contribution in [0, 0.1) is 6.92 Å². The third-order valence-electron chi connectivity index (χ3n) is 3.36. The summed E-state index contributed by atoms with van der Waals surface area (Å²) < 4.78 is 1.71. The molecule has 3 aromatic rings. The molecule has 0 N–H and O–H groups in total. The molecular weight excluding hydrogens is 288 g/mol. The molecule has 0 unspecified atom stereocenters. The van der Waals surface area contributed by atoms with Crippen LogP contribution in [0.4, 0.5) is 5.82 Å². The summed E-state index contributed by atoms with van der Waals surface area (Å²) in [6.45, 7) is 2.73. The molecule has 0 amide bonds. The molecule has 3 rings (SSSR count). The van der Waals surface area contributed by atoms with Crippen LogP contribution in [0.1, 0.15) is 11.3 Å². The molecule has 0 aliphatic carbocycles. The standard InChI is InChI=1S/C14H15ClN6/c1-10-12(15)19-14-17-9-18-21(14)13(10)20(2)8-6-11-5-3-4-7-16-11/h3-5,7,9H,6,8H2,1-2H3. The van der Waals surface area contributed by atoms with Crippen LogP contribution in [0.15, 0.2) is 30.7 Å². The Bertz CT molecular complexity index is 755. The first-order valence-electron chi connectivity index (χ1n) is 6.63. The second kappa shape index (κ2) is 5.65. The summed E-state index contributed by atoms with van der Waals surface area (Å²) in [5.41, 5.74) is 1.94. The fourth-order valence-corrected chi connectivity index (χ4v) is 2.43. The number of hydrogen-bond donors (Lipinski definition) is 0. The predicted molar refractivity (Wildman–Crippen MR) is 81.7 cm³/mol. The second-order valence-electron chi connectivity index (χ2n) is 4.82. The maximum Gasteiger partial charge on any atom is 0.255 e. The molecule has 0 aliphatic heterocycles. The molecule has 21 heavy (non-hydrogen) atoms. The van der Waals surface area contributed by atoms with Crippen molar-refractivity contribution >= 4 is 23.2 Å². The van der Waals surface area contributed by atoms with Crippen LogP contribution in [0.25, 0.3) is 5.78 Å². The first-order chi connectivity index (χ1) is 10.2. The van der Waals surface area contributed by atoms with E-state index in [9.17, 15) is 0 Å². The molecule has 0 bridgehead atoms. The Balaban J connectivity index is 1.89. The van der Waals surface area contributed by atoms with E-state index in [1.165, 1.54) is 6.33 Å². The van der Waals surface area contributed by atoms with Gasteiger partial charge < -0.3 is 4.90 Å². The minimum atomic E-state index is 0.454. The number of hydrogen-bond acceptors (Lipinski definition) is 5. The van der Waals surface area contributed by atoms with E-state index in [0.29, 0.717) is 10.9 Å². The molecule has 3 heterocycles. The summed E-state index contributed by atoms with van der Waals surface area (Å²) in [6, 6.07) is 5.93. The zero-order valence-corrected chi connectivity index (χ0v) is 12.6. The van der Waals surface area contributed by atoms with Gasteiger partial charge in [-0.15, -0.1) is 0 Å². The van der Waals surface area contributed by atoms with Gasteiger partial charge in [-0.1, -0.05) is 17.7 Å². The smallest absolute Gasteiger partial charge is 0.255 e. The van der Waals surface area contributed by atoms with Gasteiger partial charge in [0.1, 0.15) is 17.3 Å². The number of aromatic nitrogens is 5. The number of pyridine rings is 1. The largest absolute Gasteiger partial charge is 0.359 e. The first kappa shape index (κ1) is 13.8. The molecule has 0 fully saturated rings. The lowest BCUT2D eigenvalue weighted by Crippen LogP contribution is -2.24. The van der Waals surface area contributed by atoms with Gasteiger partial charge in [-0.3, -0.25) is 4.98 Å². The number of nitrogens with zero attached hydrogens (tertiary/aromatic N) is 6. The van der Waals surface area contributed by atoms with Gasteiger partial charge in [0.05, 0.1) is 0 Å². The Kier molecular flexibility index (Phi) is 3.70. The maximum atomic E-state index is 6.18. The highest BCUT2D eigenvalue weighted by molar-refractivity contribution is 6.30. The highest BCUT2D eigenvalue weighted by Gasteiger charge is 2.15. The number of anilines is 1. The Labute approximate surface area is 127 Å². The van der Waals surface area contributed by atoms with Gasteiger partial charge in [0.25, 0.3) is 5.78 Å². The lowest BCUT2D eigenvalue weighted by atomic mass is 10.2. The minimum absolute atomic E-state index is 0.454. The second-order valence-corrected chi connectivity index (χ2v) is 5.17. The van der Waals surface area contributed by atoms with Crippen molar-refractivity contribution in [1.29, 1.82) is 0 Å². The molecule has 0 aliphatic rings. The number of halogens is 1. The quantitative estimate of drug-likeness (QED) is 0.691. The fourth-order valence-electron chi connectivity index (χ4n) is 2.27. The number of likely N-dealkylation sites (N-methyl/N-ethyl adjacent to an activating group) is 1. The zero-order chi connectivity index (χ0) is 14.8. The van der Waals surface area contributed by atoms with Crippen LogP contribution < -0.4 is 4.90 Å². The Hall–Kier alpha value is -2.21. The molecule has 6 nitrogen and oxygen atoms in total. The van der Waals surface area contributed by atoms with Crippen LogP contribution in [0.2, 0.25) is 5.15 Å². The van der Waals surface area contributed by atoms with Gasteiger partial charge in [-0.2, -0.15) is 19.6 Å². The van der Waals surface area contributed by atoms with Crippen molar-refractivity contribution in [2.45, 2.75) is 13.3 Å². The van der Waals surface area contributed by atoms with Crippen LogP contribution in [-0.4, -0.2) is 38.2 Å². The molecule has 3 aromatic heterocycles. The van der Waals surface area contributed by atoms with Gasteiger partial charge in [-0.25, -0.2) is 0 Å². The van der Waals surface area contributed by atoms with Crippen molar-refractivity contribution in [2.75, 3.05) is 18.5 Å². The van der Waals surface area contributed by atoms with Crippen LogP contribution >= 0.6 is 11.6 Å². The SMILES string of the molecule is Cc1c(Cl)nc2ncnn2c1N(C)CCc1ccccn1. The highest BCUT2D eigenvalue weighted by Crippen LogP contribution is 2.24. The van der Waals surface area contributed by atoms with Crippen molar-refractivity contribution in [1.82, 2.24) is 24.6 Å². The molecule has 108 valence electrons. The molecule has 0 spiro atoms. The molecule has 0 atom stereocenters. The van der Waals surface area contributed by atoms with E-state index < -0.39 is 0 Å². The molecule has 0 aromatic carbocycles. The maximum absolute atomic E-state index is 6.18. The highest BCUT2D eigenvalue weighted by atomic mass is 35.5. The summed E-state index contributed by atoms with van der Waals surface area (Å²) in [5.74, 6) is 1.41. The molecule has 0 saturated carbocycles. The Morgan fingerprint density at radius 2 is 2.14 bits per heavy atom. The minimum Gasteiger partial charge on any atom is -0.359 e. The average Bonchev–Trinajstić information content (AvgIpc) is 2.94. The van der Waals surface area contributed by atoms with Crippen molar-refractivity contribution < 1.29 is 0 Å². The van der Waals surface area contributed by atoms with Gasteiger partial charge in [0, 0.05) is 37.5 Å². The van der Waals surface area contributed by atoms with Crippen LogP contribution in [0.3, 0.4) is 0 Å². The van der Waals surface area contributed by atoms with Gasteiger partial charge in [0.2, 0.25) is 0 Å². The van der Waals surface area contributed by atoms with Crippen LogP contribution in [0.5, 0.6) is 0 Å². The van der Waals surface area contributed by atoms with Gasteiger partial charge in [-0.05, 0) is 19.1 Å². The van der Waals surface area contributed by atoms with E-state index >= 15 is 0 Å². The zero-order valence-electron chi connectivity index (χ0n) is 11.9. The Morgan fingerprint density at radius 1 is 1.29 bits per heavy atom. The molecule has 0 radical (unpaired) electrons. The van der Waals surface area contributed by atoms with E-state index in [0.717, 1.165) is 30.0 Å². The number of rotatable bonds is 4. The van der Waals surface area contributed by atoms with E-state index in [2.05, 4.69) is 25.0 Å². The predicted octanol–water partition coefficient (Wildman–Crippen LogP) is 2.16. The van der Waals surface area contributed by atoms with Crippen molar-refractivity contribution in [2.24, 2.45) is 0 Å². The summed E-state index contributed by atoms with van der Waals surface area (Å²) >= 11 is 6.18. The summed E-state index contributed by atoms with van der Waals surface area (Å²) in [6.07, 6.45) is 4.13. The van der Waals surface area contributed by atoms with Crippen molar-refractivity contribution in [3.8, 4) is 0 Å². The van der Waals surface area contributed by atoms with E-state index in [1.54, 1.807) is 10.7 Å². The third-order valence-corrected chi connectivity index (χ3v) is 3.73. The van der Waals surface area contributed by atoms with Crippen LogP contribution in [-0.2, 0) is 6.42 Å². The molecular formula is C14H15ClN6. The lowest BCUT2D eigenvalue weighted by molar-refractivity contribution is 0.797. The Morgan fingerprint density at radius 3 is 2.90 bits per heavy atom. The lowest BCUT2D eigenvalue weighted by Gasteiger charge is -2.21.